The summed E-state index contributed by atoms with van der Waals surface area (Å²) >= 11 is 1.45. The molecule has 1 aromatic heterocycles. The third-order valence-electron chi connectivity index (χ3n) is 5.00. The lowest BCUT2D eigenvalue weighted by Gasteiger charge is -2.22. The lowest BCUT2D eigenvalue weighted by atomic mass is 10.2. The third kappa shape index (κ3) is 5.40. The lowest BCUT2D eigenvalue weighted by molar-refractivity contribution is 0.0985. The predicted molar refractivity (Wildman–Crippen MR) is 133 cm³/mol. The molecular weight excluding hydrogens is 470 g/mol. The van der Waals surface area contributed by atoms with Crippen molar-refractivity contribution in [3.63, 3.8) is 0 Å². The van der Waals surface area contributed by atoms with E-state index in [1.54, 1.807) is 31.1 Å². The van der Waals surface area contributed by atoms with Gasteiger partial charge in [0, 0.05) is 18.7 Å². The number of anilines is 1. The van der Waals surface area contributed by atoms with Crippen LogP contribution in [0, 0.1) is 6.92 Å². The highest BCUT2D eigenvalue weighted by molar-refractivity contribution is 7.91. The van der Waals surface area contributed by atoms with Gasteiger partial charge in [-0.15, -0.1) is 12.4 Å². The Hall–Kier alpha value is -2.20. The number of amides is 1. The van der Waals surface area contributed by atoms with Crippen molar-refractivity contribution >= 4 is 54.8 Å². The molecule has 174 valence electrons. The van der Waals surface area contributed by atoms with E-state index < -0.39 is 9.84 Å². The van der Waals surface area contributed by atoms with Gasteiger partial charge in [0.1, 0.15) is 11.3 Å². The van der Waals surface area contributed by atoms with E-state index in [1.165, 1.54) is 23.5 Å². The molecule has 0 saturated carbocycles. The van der Waals surface area contributed by atoms with Crippen LogP contribution in [0.4, 0.5) is 5.13 Å². The molecule has 0 aliphatic rings. The number of benzene rings is 2. The van der Waals surface area contributed by atoms with Crippen molar-refractivity contribution in [2.24, 2.45) is 0 Å². The Kier molecular flexibility index (Phi) is 8.64. The van der Waals surface area contributed by atoms with E-state index in [9.17, 15) is 13.2 Å². The zero-order valence-electron chi connectivity index (χ0n) is 18.8. The van der Waals surface area contributed by atoms with Gasteiger partial charge in [0.25, 0.3) is 5.91 Å². The fourth-order valence-electron chi connectivity index (χ4n) is 3.09. The molecule has 0 bridgehead atoms. The Morgan fingerprint density at radius 2 is 1.75 bits per heavy atom. The van der Waals surface area contributed by atoms with Crippen LogP contribution in [0.15, 0.2) is 41.3 Å². The SMILES string of the molecule is CCS(=O)(=O)c1ccc(C(=O)N(CCN(C)C)c2nc3c(OC)ccc(C)c3s2)cc1.Cl. The molecule has 10 heteroatoms. The molecule has 32 heavy (non-hydrogen) atoms. The van der Waals surface area contributed by atoms with Gasteiger partial charge in [-0.2, -0.15) is 0 Å². The number of rotatable bonds is 8. The largest absolute Gasteiger partial charge is 0.494 e. The van der Waals surface area contributed by atoms with Gasteiger partial charge in [-0.25, -0.2) is 13.4 Å². The predicted octanol–water partition coefficient (Wildman–Crippen LogP) is 4.04. The maximum absolute atomic E-state index is 13.4. The summed E-state index contributed by atoms with van der Waals surface area (Å²) in [5.74, 6) is 0.456. The highest BCUT2D eigenvalue weighted by Gasteiger charge is 2.23. The number of nitrogens with zero attached hydrogens (tertiary/aromatic N) is 3. The summed E-state index contributed by atoms with van der Waals surface area (Å²) < 4.78 is 30.6. The third-order valence-corrected chi connectivity index (χ3v) is 7.96. The van der Waals surface area contributed by atoms with Crippen LogP contribution in [-0.4, -0.2) is 64.3 Å². The summed E-state index contributed by atoms with van der Waals surface area (Å²) in [6.45, 7) is 4.70. The van der Waals surface area contributed by atoms with Gasteiger partial charge in [-0.3, -0.25) is 9.69 Å². The number of aryl methyl sites for hydroxylation is 1. The first-order valence-electron chi connectivity index (χ1n) is 9.91. The van der Waals surface area contributed by atoms with Crippen LogP contribution in [-0.2, 0) is 9.84 Å². The molecule has 3 aromatic rings. The normalized spacial score (nSPS) is 11.4. The summed E-state index contributed by atoms with van der Waals surface area (Å²) in [5, 5.41) is 0.583. The summed E-state index contributed by atoms with van der Waals surface area (Å²) in [4.78, 5) is 22.0. The Bertz CT molecular complexity index is 1190. The summed E-state index contributed by atoms with van der Waals surface area (Å²) in [5.41, 5.74) is 2.21. The first kappa shape index (κ1) is 26.1. The van der Waals surface area contributed by atoms with Crippen molar-refractivity contribution in [2.45, 2.75) is 18.7 Å². The van der Waals surface area contributed by atoms with Gasteiger partial charge in [0.05, 0.1) is 22.5 Å². The summed E-state index contributed by atoms with van der Waals surface area (Å²) in [7, 11) is 2.17. The maximum atomic E-state index is 13.4. The highest BCUT2D eigenvalue weighted by atomic mass is 35.5. The molecule has 2 aromatic carbocycles. The van der Waals surface area contributed by atoms with E-state index in [0.29, 0.717) is 29.5 Å². The zero-order chi connectivity index (χ0) is 22.8. The fourth-order valence-corrected chi connectivity index (χ4v) is 5.05. The van der Waals surface area contributed by atoms with Gasteiger partial charge >= 0.3 is 0 Å². The average molecular weight is 498 g/mol. The van der Waals surface area contributed by atoms with Gasteiger partial charge in [-0.05, 0) is 56.9 Å². The molecule has 1 amide bonds. The summed E-state index contributed by atoms with van der Waals surface area (Å²) in [6, 6.07) is 9.95. The van der Waals surface area contributed by atoms with Crippen molar-refractivity contribution in [2.75, 3.05) is 44.9 Å². The minimum atomic E-state index is -3.32. The van der Waals surface area contributed by atoms with Gasteiger partial charge in [0.2, 0.25) is 0 Å². The van der Waals surface area contributed by atoms with Crippen LogP contribution in [0.25, 0.3) is 10.2 Å². The number of ether oxygens (including phenoxy) is 1. The number of likely N-dealkylation sites (N-methyl/N-ethyl adjacent to an activating group) is 1. The van der Waals surface area contributed by atoms with Crippen LogP contribution in [0.1, 0.15) is 22.8 Å². The number of carbonyl (C=O) groups is 1. The Morgan fingerprint density at radius 1 is 1.09 bits per heavy atom. The molecule has 3 rings (SSSR count). The first-order chi connectivity index (χ1) is 14.7. The first-order valence-corrected chi connectivity index (χ1v) is 12.4. The highest BCUT2D eigenvalue weighted by Crippen LogP contribution is 2.36. The Labute approximate surface area is 199 Å². The molecule has 0 N–H and O–H groups in total. The summed E-state index contributed by atoms with van der Waals surface area (Å²) in [6.07, 6.45) is 0. The molecule has 0 spiro atoms. The number of methoxy groups -OCH3 is 1. The number of thiazole rings is 1. The molecule has 0 radical (unpaired) electrons. The van der Waals surface area contributed by atoms with E-state index in [2.05, 4.69) is 0 Å². The van der Waals surface area contributed by atoms with Crippen molar-refractivity contribution in [3.05, 3.63) is 47.5 Å². The Balaban J connectivity index is 0.00000363. The monoisotopic (exact) mass is 497 g/mol. The van der Waals surface area contributed by atoms with Crippen molar-refractivity contribution in [1.29, 1.82) is 0 Å². The van der Waals surface area contributed by atoms with Crippen LogP contribution in [0.3, 0.4) is 0 Å². The maximum Gasteiger partial charge on any atom is 0.260 e. The number of sulfone groups is 1. The quantitative estimate of drug-likeness (QED) is 0.467. The van der Waals surface area contributed by atoms with E-state index in [-0.39, 0.29) is 29.0 Å². The molecule has 0 fully saturated rings. The van der Waals surface area contributed by atoms with Crippen LogP contribution < -0.4 is 9.64 Å². The molecule has 1 heterocycles. The van der Waals surface area contributed by atoms with Crippen LogP contribution >= 0.6 is 23.7 Å². The van der Waals surface area contributed by atoms with E-state index >= 15 is 0 Å². The zero-order valence-corrected chi connectivity index (χ0v) is 21.2. The van der Waals surface area contributed by atoms with E-state index in [4.69, 9.17) is 9.72 Å². The number of fused-ring (bicyclic) bond motifs is 1. The molecule has 7 nitrogen and oxygen atoms in total. The van der Waals surface area contributed by atoms with E-state index in [0.717, 1.165) is 15.8 Å². The van der Waals surface area contributed by atoms with E-state index in [1.807, 2.05) is 38.1 Å². The second-order valence-electron chi connectivity index (χ2n) is 7.45. The second-order valence-corrected chi connectivity index (χ2v) is 10.7. The molecule has 0 atom stereocenters. The second kappa shape index (κ2) is 10.6. The van der Waals surface area contributed by atoms with Crippen molar-refractivity contribution in [1.82, 2.24) is 9.88 Å². The van der Waals surface area contributed by atoms with Gasteiger partial charge < -0.3 is 9.64 Å². The lowest BCUT2D eigenvalue weighted by Crippen LogP contribution is -2.36. The smallest absolute Gasteiger partial charge is 0.260 e. The molecule has 0 aliphatic carbocycles. The van der Waals surface area contributed by atoms with Crippen molar-refractivity contribution < 1.29 is 17.9 Å². The molecule has 0 aliphatic heterocycles. The standard InChI is InChI=1S/C22H27N3O4S2.ClH/c1-6-31(27,28)17-10-8-16(9-11-17)21(26)25(14-13-24(3)4)22-23-19-18(29-5)12-7-15(2)20(19)30-22;/h7-12H,6,13-14H2,1-5H3;1H. The minimum Gasteiger partial charge on any atom is -0.494 e. The Morgan fingerprint density at radius 3 is 2.31 bits per heavy atom. The molecule has 0 saturated heterocycles. The molecule has 0 unspecified atom stereocenters. The molecular formula is C22H28ClN3O4S2. The number of hydrogen-bond acceptors (Lipinski definition) is 7. The number of halogens is 1. The minimum absolute atomic E-state index is 0. The van der Waals surface area contributed by atoms with Gasteiger partial charge in [-0.1, -0.05) is 24.3 Å². The number of hydrogen-bond donors (Lipinski definition) is 0. The topological polar surface area (TPSA) is 79.8 Å². The fraction of sp³-hybridized carbons (Fsp3) is 0.364. The van der Waals surface area contributed by atoms with Crippen LogP contribution in [0.5, 0.6) is 5.75 Å². The van der Waals surface area contributed by atoms with Crippen molar-refractivity contribution in [3.8, 4) is 5.75 Å². The van der Waals surface area contributed by atoms with Gasteiger partial charge in [0.15, 0.2) is 15.0 Å². The van der Waals surface area contributed by atoms with Crippen LogP contribution in [0.2, 0.25) is 0 Å². The number of aromatic nitrogens is 1. The number of carbonyl (C=O) groups excluding carboxylic acids is 1. The average Bonchev–Trinajstić information content (AvgIpc) is 3.20.